The van der Waals surface area contributed by atoms with Crippen molar-refractivity contribution in [2.45, 2.75) is 32.2 Å². The van der Waals surface area contributed by atoms with Crippen LogP contribution in [0, 0.1) is 18.7 Å². The fourth-order valence-electron chi connectivity index (χ4n) is 2.64. The van der Waals surface area contributed by atoms with E-state index in [0.717, 1.165) is 16.7 Å². The Kier molecular flexibility index (Phi) is 6.42. The van der Waals surface area contributed by atoms with E-state index in [1.807, 2.05) is 31.2 Å². The van der Waals surface area contributed by atoms with Crippen LogP contribution in [0.2, 0.25) is 0 Å². The monoisotopic (exact) mass is 343 g/mol. The molecule has 4 nitrogen and oxygen atoms in total. The highest BCUT2D eigenvalue weighted by Crippen LogP contribution is 2.16. The highest BCUT2D eigenvalue weighted by atomic mass is 19.1. The Morgan fingerprint density at radius 3 is 2.08 bits per heavy atom. The average Bonchev–Trinajstić information content (AvgIpc) is 2.58. The van der Waals surface area contributed by atoms with Crippen molar-refractivity contribution in [1.29, 1.82) is 0 Å². The van der Waals surface area contributed by atoms with Gasteiger partial charge in [0.15, 0.2) is 5.78 Å². The Hall–Kier alpha value is -2.53. The molecule has 0 radical (unpaired) electrons. The predicted molar refractivity (Wildman–Crippen MR) is 93.7 cm³/mol. The lowest BCUT2D eigenvalue weighted by atomic mass is 9.90. The standard InChI is InChI=1S/C20H22FNO3/c1-13-2-4-14(5-3-13)10-16(20(24)25)12-19(23)18(22)11-15-6-8-17(21)9-7-15/h2-9,16,18H,10-12,22H2,1H3,(H,24,25). The summed E-state index contributed by atoms with van der Waals surface area (Å²) in [5.41, 5.74) is 8.62. The summed E-state index contributed by atoms with van der Waals surface area (Å²) in [6.45, 7) is 1.95. The Balaban J connectivity index is 1.97. The van der Waals surface area contributed by atoms with E-state index in [-0.39, 0.29) is 30.9 Å². The van der Waals surface area contributed by atoms with Crippen LogP contribution in [0.4, 0.5) is 4.39 Å². The van der Waals surface area contributed by atoms with Gasteiger partial charge in [-0.3, -0.25) is 9.59 Å². The number of nitrogens with two attached hydrogens (primary N) is 1. The Bertz CT molecular complexity index is 726. The zero-order chi connectivity index (χ0) is 18.4. The molecule has 3 N–H and O–H groups in total. The number of carboxylic acid groups (broad SMARTS) is 1. The molecule has 0 aromatic heterocycles. The molecular formula is C20H22FNO3. The van der Waals surface area contributed by atoms with E-state index in [0.29, 0.717) is 0 Å². The molecule has 0 aliphatic carbocycles. The van der Waals surface area contributed by atoms with Crippen molar-refractivity contribution in [3.8, 4) is 0 Å². The number of carbonyl (C=O) groups excluding carboxylic acids is 1. The first-order valence-electron chi connectivity index (χ1n) is 8.16. The van der Waals surface area contributed by atoms with Gasteiger partial charge in [-0.1, -0.05) is 42.0 Å². The van der Waals surface area contributed by atoms with E-state index in [2.05, 4.69) is 0 Å². The number of halogens is 1. The van der Waals surface area contributed by atoms with Crippen LogP contribution in [0.15, 0.2) is 48.5 Å². The van der Waals surface area contributed by atoms with Crippen LogP contribution >= 0.6 is 0 Å². The average molecular weight is 343 g/mol. The van der Waals surface area contributed by atoms with Crippen LogP contribution in [0.3, 0.4) is 0 Å². The minimum atomic E-state index is -1.01. The number of aliphatic carboxylic acids is 1. The molecule has 0 saturated heterocycles. The SMILES string of the molecule is Cc1ccc(CC(CC(=O)C(N)Cc2ccc(F)cc2)C(=O)O)cc1. The molecule has 0 heterocycles. The lowest BCUT2D eigenvalue weighted by molar-refractivity contribution is -0.143. The zero-order valence-electron chi connectivity index (χ0n) is 14.1. The van der Waals surface area contributed by atoms with Gasteiger partial charge in [-0.2, -0.15) is 0 Å². The topological polar surface area (TPSA) is 80.4 Å². The summed E-state index contributed by atoms with van der Waals surface area (Å²) in [5.74, 6) is -2.48. The maximum atomic E-state index is 12.9. The molecule has 0 bridgehead atoms. The summed E-state index contributed by atoms with van der Waals surface area (Å²) in [6, 6.07) is 12.5. The van der Waals surface area contributed by atoms with Gasteiger partial charge in [0.2, 0.25) is 0 Å². The Morgan fingerprint density at radius 2 is 1.52 bits per heavy atom. The summed E-state index contributed by atoms with van der Waals surface area (Å²) < 4.78 is 12.9. The molecule has 0 amide bonds. The fraction of sp³-hybridized carbons (Fsp3) is 0.300. The maximum Gasteiger partial charge on any atom is 0.307 e. The van der Waals surface area contributed by atoms with Crippen LogP contribution in [-0.2, 0) is 22.4 Å². The van der Waals surface area contributed by atoms with Gasteiger partial charge < -0.3 is 10.8 Å². The molecule has 25 heavy (non-hydrogen) atoms. The predicted octanol–water partition coefficient (Wildman–Crippen LogP) is 2.91. The Labute approximate surface area is 146 Å². The van der Waals surface area contributed by atoms with Gasteiger partial charge in [-0.15, -0.1) is 0 Å². The molecule has 0 aliphatic heterocycles. The van der Waals surface area contributed by atoms with Crippen molar-refractivity contribution in [2.75, 3.05) is 0 Å². The molecule has 5 heteroatoms. The van der Waals surface area contributed by atoms with Crippen molar-refractivity contribution >= 4 is 11.8 Å². The normalized spacial score (nSPS) is 13.2. The number of hydrogen-bond donors (Lipinski definition) is 2. The van der Waals surface area contributed by atoms with Crippen LogP contribution in [0.25, 0.3) is 0 Å². The van der Waals surface area contributed by atoms with Crippen LogP contribution in [0.1, 0.15) is 23.1 Å². The lowest BCUT2D eigenvalue weighted by Gasteiger charge is -2.15. The van der Waals surface area contributed by atoms with Gasteiger partial charge in [-0.05, 0) is 43.0 Å². The number of rotatable bonds is 8. The highest BCUT2D eigenvalue weighted by Gasteiger charge is 2.25. The number of carboxylic acids is 1. The van der Waals surface area contributed by atoms with Crippen molar-refractivity contribution in [3.63, 3.8) is 0 Å². The largest absolute Gasteiger partial charge is 0.481 e. The summed E-state index contributed by atoms with van der Waals surface area (Å²) in [7, 11) is 0. The summed E-state index contributed by atoms with van der Waals surface area (Å²) in [4.78, 5) is 23.8. The van der Waals surface area contributed by atoms with Gasteiger partial charge in [0, 0.05) is 6.42 Å². The minimum absolute atomic E-state index is 0.119. The molecule has 0 saturated carbocycles. The van der Waals surface area contributed by atoms with Crippen molar-refractivity contribution in [1.82, 2.24) is 0 Å². The summed E-state index contributed by atoms with van der Waals surface area (Å²) in [5, 5.41) is 9.41. The summed E-state index contributed by atoms with van der Waals surface area (Å²) in [6.07, 6.45) is 0.423. The van der Waals surface area contributed by atoms with E-state index in [9.17, 15) is 19.1 Å². The lowest BCUT2D eigenvalue weighted by Crippen LogP contribution is -2.35. The van der Waals surface area contributed by atoms with Gasteiger partial charge >= 0.3 is 5.97 Å². The number of aryl methyl sites for hydroxylation is 1. The second kappa shape index (κ2) is 8.53. The number of Topliss-reactive ketones (excluding diaryl/α,β-unsaturated/α-hetero) is 1. The molecule has 0 spiro atoms. The molecule has 2 atom stereocenters. The quantitative estimate of drug-likeness (QED) is 0.772. The zero-order valence-corrected chi connectivity index (χ0v) is 14.1. The first-order valence-corrected chi connectivity index (χ1v) is 8.16. The van der Waals surface area contributed by atoms with Gasteiger partial charge in [0.1, 0.15) is 5.82 Å². The Morgan fingerprint density at radius 1 is 1.00 bits per heavy atom. The van der Waals surface area contributed by atoms with Crippen LogP contribution in [-0.4, -0.2) is 22.9 Å². The first-order chi connectivity index (χ1) is 11.8. The third-order valence-corrected chi connectivity index (χ3v) is 4.18. The molecular weight excluding hydrogens is 321 g/mol. The van der Waals surface area contributed by atoms with Crippen molar-refractivity contribution in [2.24, 2.45) is 11.7 Å². The smallest absolute Gasteiger partial charge is 0.307 e. The molecule has 2 rings (SSSR count). The number of carbonyl (C=O) groups is 2. The minimum Gasteiger partial charge on any atom is -0.481 e. The van der Waals surface area contributed by atoms with E-state index in [1.165, 1.54) is 12.1 Å². The first kappa shape index (κ1) is 18.8. The number of ketones is 1. The molecule has 132 valence electrons. The maximum absolute atomic E-state index is 12.9. The molecule has 2 aromatic rings. The third-order valence-electron chi connectivity index (χ3n) is 4.18. The fourth-order valence-corrected chi connectivity index (χ4v) is 2.64. The van der Waals surface area contributed by atoms with Gasteiger partial charge in [-0.25, -0.2) is 4.39 Å². The molecule has 0 fully saturated rings. The van der Waals surface area contributed by atoms with E-state index in [4.69, 9.17) is 5.73 Å². The second-order valence-corrected chi connectivity index (χ2v) is 6.33. The van der Waals surface area contributed by atoms with Crippen molar-refractivity contribution in [3.05, 3.63) is 71.0 Å². The van der Waals surface area contributed by atoms with Gasteiger partial charge in [0.25, 0.3) is 0 Å². The van der Waals surface area contributed by atoms with Gasteiger partial charge in [0.05, 0.1) is 12.0 Å². The van der Waals surface area contributed by atoms with E-state index >= 15 is 0 Å². The summed E-state index contributed by atoms with van der Waals surface area (Å²) >= 11 is 0. The second-order valence-electron chi connectivity index (χ2n) is 6.33. The number of benzene rings is 2. The molecule has 2 unspecified atom stereocenters. The number of hydrogen-bond acceptors (Lipinski definition) is 3. The van der Waals surface area contributed by atoms with E-state index < -0.39 is 17.9 Å². The van der Waals surface area contributed by atoms with E-state index in [1.54, 1.807) is 12.1 Å². The highest BCUT2D eigenvalue weighted by molar-refractivity contribution is 5.88. The van der Waals surface area contributed by atoms with Crippen molar-refractivity contribution < 1.29 is 19.1 Å². The van der Waals surface area contributed by atoms with Crippen LogP contribution < -0.4 is 5.73 Å². The molecule has 2 aromatic carbocycles. The van der Waals surface area contributed by atoms with Crippen LogP contribution in [0.5, 0.6) is 0 Å². The molecule has 0 aliphatic rings. The third kappa shape index (κ3) is 5.80.